The Morgan fingerprint density at radius 2 is 1.68 bits per heavy atom. The summed E-state index contributed by atoms with van der Waals surface area (Å²) in [4.78, 5) is 24.2. The largest absolute Gasteiger partial charge is 0.494 e. The number of unbranched alkanes of at least 4 members (excludes halogenated alkanes) is 1. The number of piperidine rings is 1. The lowest BCUT2D eigenvalue weighted by Crippen LogP contribution is -2.30. The maximum absolute atomic E-state index is 12.6. The van der Waals surface area contributed by atoms with Crippen molar-refractivity contribution in [2.75, 3.05) is 35.2 Å². The van der Waals surface area contributed by atoms with E-state index in [1.807, 2.05) is 49.4 Å². The number of carbonyl (C=O) groups excluding carboxylic acids is 1. The van der Waals surface area contributed by atoms with Crippen LogP contribution in [0.5, 0.6) is 5.75 Å². The Bertz CT molecular complexity index is 1080. The third-order valence-corrected chi connectivity index (χ3v) is 5.80. The van der Waals surface area contributed by atoms with Crippen LogP contribution in [-0.4, -0.2) is 35.6 Å². The van der Waals surface area contributed by atoms with E-state index in [0.717, 1.165) is 54.6 Å². The van der Waals surface area contributed by atoms with Gasteiger partial charge in [0, 0.05) is 41.8 Å². The molecule has 178 valence electrons. The molecule has 0 atom stereocenters. The van der Waals surface area contributed by atoms with Crippen LogP contribution in [0.3, 0.4) is 0 Å². The third-order valence-electron chi connectivity index (χ3n) is 5.80. The van der Waals surface area contributed by atoms with Crippen LogP contribution in [-0.2, 0) is 0 Å². The summed E-state index contributed by atoms with van der Waals surface area (Å²) in [6.07, 6.45) is 5.80. The molecule has 2 heterocycles. The number of benzene rings is 2. The number of aryl methyl sites for hydroxylation is 1. The normalized spacial score (nSPS) is 13.4. The smallest absolute Gasteiger partial charge is 0.255 e. The fourth-order valence-electron chi connectivity index (χ4n) is 3.90. The van der Waals surface area contributed by atoms with Crippen molar-refractivity contribution in [3.63, 3.8) is 0 Å². The molecule has 0 unspecified atom stereocenters. The summed E-state index contributed by atoms with van der Waals surface area (Å²) in [6, 6.07) is 16.8. The first-order valence-corrected chi connectivity index (χ1v) is 12.1. The summed E-state index contributed by atoms with van der Waals surface area (Å²) in [6.45, 7) is 6.89. The molecular formula is C27H33N5O2. The van der Waals surface area contributed by atoms with E-state index >= 15 is 0 Å². The van der Waals surface area contributed by atoms with Crippen LogP contribution in [0.4, 0.5) is 23.1 Å². The van der Waals surface area contributed by atoms with Gasteiger partial charge in [-0.1, -0.05) is 13.3 Å². The molecule has 0 bridgehead atoms. The summed E-state index contributed by atoms with van der Waals surface area (Å²) in [5.41, 5.74) is 3.10. The summed E-state index contributed by atoms with van der Waals surface area (Å²) >= 11 is 0. The minimum atomic E-state index is -0.158. The molecule has 0 saturated carbocycles. The van der Waals surface area contributed by atoms with Crippen molar-refractivity contribution in [3.8, 4) is 5.75 Å². The van der Waals surface area contributed by atoms with Crippen molar-refractivity contribution in [1.82, 2.24) is 9.97 Å². The molecule has 3 aromatic rings. The van der Waals surface area contributed by atoms with Gasteiger partial charge in [0.2, 0.25) is 5.95 Å². The Labute approximate surface area is 201 Å². The molecule has 0 aliphatic carbocycles. The van der Waals surface area contributed by atoms with Crippen LogP contribution in [0.25, 0.3) is 0 Å². The predicted molar refractivity (Wildman–Crippen MR) is 137 cm³/mol. The van der Waals surface area contributed by atoms with Gasteiger partial charge in [0.25, 0.3) is 5.91 Å². The van der Waals surface area contributed by atoms with Gasteiger partial charge in [-0.05, 0) is 81.1 Å². The van der Waals surface area contributed by atoms with Crippen LogP contribution < -0.4 is 20.3 Å². The van der Waals surface area contributed by atoms with Gasteiger partial charge in [0.05, 0.1) is 6.61 Å². The molecular weight excluding hydrogens is 426 g/mol. The number of carbonyl (C=O) groups is 1. The molecule has 1 aliphatic heterocycles. The number of amides is 1. The van der Waals surface area contributed by atoms with Gasteiger partial charge < -0.3 is 20.3 Å². The summed E-state index contributed by atoms with van der Waals surface area (Å²) in [5.74, 6) is 2.18. The highest BCUT2D eigenvalue weighted by Gasteiger charge is 2.14. The lowest BCUT2D eigenvalue weighted by atomic mass is 10.1. The average Bonchev–Trinajstić information content (AvgIpc) is 2.86. The average molecular weight is 460 g/mol. The number of nitrogens with zero attached hydrogens (tertiary/aromatic N) is 3. The molecule has 0 spiro atoms. The zero-order valence-electron chi connectivity index (χ0n) is 20.0. The number of nitrogens with one attached hydrogen (secondary N) is 2. The summed E-state index contributed by atoms with van der Waals surface area (Å²) < 4.78 is 5.66. The molecule has 1 fully saturated rings. The first-order chi connectivity index (χ1) is 16.6. The minimum absolute atomic E-state index is 0.158. The number of rotatable bonds is 9. The lowest BCUT2D eigenvalue weighted by molar-refractivity contribution is 0.102. The highest BCUT2D eigenvalue weighted by molar-refractivity contribution is 6.04. The molecule has 1 aliphatic rings. The van der Waals surface area contributed by atoms with Gasteiger partial charge in [-0.15, -0.1) is 0 Å². The van der Waals surface area contributed by atoms with Gasteiger partial charge in [0.1, 0.15) is 11.6 Å². The number of aromatic nitrogens is 2. The van der Waals surface area contributed by atoms with E-state index in [2.05, 4.69) is 27.4 Å². The third kappa shape index (κ3) is 6.47. The molecule has 1 aromatic heterocycles. The molecule has 1 saturated heterocycles. The van der Waals surface area contributed by atoms with Crippen LogP contribution in [0, 0.1) is 6.92 Å². The van der Waals surface area contributed by atoms with Crippen LogP contribution in [0.1, 0.15) is 55.1 Å². The number of ether oxygens (including phenoxy) is 1. The van der Waals surface area contributed by atoms with Crippen molar-refractivity contribution >= 4 is 29.0 Å². The van der Waals surface area contributed by atoms with E-state index in [0.29, 0.717) is 18.1 Å². The Morgan fingerprint density at radius 1 is 0.971 bits per heavy atom. The topological polar surface area (TPSA) is 79.4 Å². The van der Waals surface area contributed by atoms with E-state index in [1.54, 1.807) is 12.1 Å². The van der Waals surface area contributed by atoms with E-state index < -0.39 is 0 Å². The molecule has 2 N–H and O–H groups in total. The Hall–Kier alpha value is -3.61. The van der Waals surface area contributed by atoms with Gasteiger partial charge in [-0.2, -0.15) is 4.98 Å². The summed E-state index contributed by atoms with van der Waals surface area (Å²) in [5, 5.41) is 6.22. The van der Waals surface area contributed by atoms with Crippen LogP contribution in [0.2, 0.25) is 0 Å². The van der Waals surface area contributed by atoms with E-state index in [9.17, 15) is 4.79 Å². The molecule has 7 nitrogen and oxygen atoms in total. The van der Waals surface area contributed by atoms with E-state index in [4.69, 9.17) is 9.72 Å². The van der Waals surface area contributed by atoms with Crippen molar-refractivity contribution in [2.45, 2.75) is 46.0 Å². The Balaban J connectivity index is 1.35. The first kappa shape index (κ1) is 23.5. The monoisotopic (exact) mass is 459 g/mol. The highest BCUT2D eigenvalue weighted by Crippen LogP contribution is 2.23. The molecule has 7 heteroatoms. The predicted octanol–water partition coefficient (Wildman–Crippen LogP) is 5.95. The molecule has 34 heavy (non-hydrogen) atoms. The second-order valence-corrected chi connectivity index (χ2v) is 8.62. The maximum Gasteiger partial charge on any atom is 0.255 e. The van der Waals surface area contributed by atoms with Crippen molar-refractivity contribution in [1.29, 1.82) is 0 Å². The molecule has 2 aromatic carbocycles. The van der Waals surface area contributed by atoms with Gasteiger partial charge in [-0.25, -0.2) is 4.98 Å². The zero-order chi connectivity index (χ0) is 23.8. The quantitative estimate of drug-likeness (QED) is 0.385. The van der Waals surface area contributed by atoms with E-state index in [-0.39, 0.29) is 5.91 Å². The van der Waals surface area contributed by atoms with Crippen LogP contribution in [0.15, 0.2) is 54.6 Å². The minimum Gasteiger partial charge on any atom is -0.494 e. The first-order valence-electron chi connectivity index (χ1n) is 12.1. The molecule has 1 amide bonds. The molecule has 0 radical (unpaired) electrons. The Kier molecular flexibility index (Phi) is 7.96. The van der Waals surface area contributed by atoms with E-state index in [1.165, 1.54) is 19.3 Å². The van der Waals surface area contributed by atoms with Gasteiger partial charge >= 0.3 is 0 Å². The fourth-order valence-corrected chi connectivity index (χ4v) is 3.90. The second-order valence-electron chi connectivity index (χ2n) is 8.62. The SMILES string of the molecule is CCCCOc1ccc(C(=O)Nc2ccc(Nc3nc(C)cc(N4CCCCC4)n3)cc2)cc1. The number of hydrogen-bond donors (Lipinski definition) is 2. The Morgan fingerprint density at radius 3 is 2.38 bits per heavy atom. The second kappa shape index (κ2) is 11.5. The highest BCUT2D eigenvalue weighted by atomic mass is 16.5. The van der Waals surface area contributed by atoms with Gasteiger partial charge in [-0.3, -0.25) is 4.79 Å². The number of anilines is 4. The fraction of sp³-hybridized carbons (Fsp3) is 0.370. The van der Waals surface area contributed by atoms with Crippen molar-refractivity contribution in [3.05, 3.63) is 65.9 Å². The van der Waals surface area contributed by atoms with Crippen molar-refractivity contribution in [2.24, 2.45) is 0 Å². The summed E-state index contributed by atoms with van der Waals surface area (Å²) in [7, 11) is 0. The zero-order valence-corrected chi connectivity index (χ0v) is 20.0. The number of hydrogen-bond acceptors (Lipinski definition) is 6. The molecule has 4 rings (SSSR count). The standard InChI is InChI=1S/C27H33N5O2/c1-3-4-18-34-24-14-8-21(9-15-24)26(33)29-22-10-12-23(13-11-22)30-27-28-20(2)19-25(31-27)32-16-6-5-7-17-32/h8-15,19H,3-7,16-18H2,1-2H3,(H,29,33)(H,28,30,31). The maximum atomic E-state index is 12.6. The van der Waals surface area contributed by atoms with Gasteiger partial charge in [0.15, 0.2) is 0 Å². The lowest BCUT2D eigenvalue weighted by Gasteiger charge is -2.28. The van der Waals surface area contributed by atoms with Crippen molar-refractivity contribution < 1.29 is 9.53 Å². The van der Waals surface area contributed by atoms with Crippen LogP contribution >= 0.6 is 0 Å².